The molecule has 0 unspecified atom stereocenters. The fraction of sp³-hybridized carbons (Fsp3) is 0.706. The van der Waals surface area contributed by atoms with Gasteiger partial charge in [-0.1, -0.05) is 20.8 Å². The molecule has 1 saturated heterocycles. The van der Waals surface area contributed by atoms with Crippen LogP contribution in [-0.4, -0.2) is 53.6 Å². The molecule has 1 aliphatic rings. The Morgan fingerprint density at radius 1 is 1.39 bits per heavy atom. The quantitative estimate of drug-likeness (QED) is 0.901. The van der Waals surface area contributed by atoms with Gasteiger partial charge in [0.15, 0.2) is 0 Å². The SMILES string of the molecule is COCCC(=O)N1CCC(Nc2ccnc(C(C)(C)C)n2)CC1. The molecule has 128 valence electrons. The topological polar surface area (TPSA) is 67.3 Å². The summed E-state index contributed by atoms with van der Waals surface area (Å²) in [5.41, 5.74) is -0.0607. The van der Waals surface area contributed by atoms with E-state index in [2.05, 4.69) is 36.1 Å². The number of likely N-dealkylation sites (tertiary alicyclic amines) is 1. The number of hydrogen-bond donors (Lipinski definition) is 1. The number of carbonyl (C=O) groups excluding carboxylic acids is 1. The monoisotopic (exact) mass is 320 g/mol. The predicted molar refractivity (Wildman–Crippen MR) is 90.4 cm³/mol. The maximum absolute atomic E-state index is 12.0. The molecular formula is C17H28N4O2. The van der Waals surface area contributed by atoms with E-state index < -0.39 is 0 Å². The molecule has 6 heteroatoms. The number of nitrogens with one attached hydrogen (secondary N) is 1. The Kier molecular flexibility index (Phi) is 5.93. The number of methoxy groups -OCH3 is 1. The standard InChI is InChI=1S/C17H28N4O2/c1-17(2,3)16-18-9-5-14(20-16)19-13-6-10-21(11-7-13)15(22)8-12-23-4/h5,9,13H,6-8,10-12H2,1-4H3,(H,18,19,20). The van der Waals surface area contributed by atoms with Crippen LogP contribution < -0.4 is 5.32 Å². The van der Waals surface area contributed by atoms with Gasteiger partial charge in [-0.05, 0) is 18.9 Å². The molecule has 1 amide bonds. The van der Waals surface area contributed by atoms with Gasteiger partial charge < -0.3 is 15.0 Å². The highest BCUT2D eigenvalue weighted by Gasteiger charge is 2.23. The van der Waals surface area contributed by atoms with Crippen LogP contribution in [0, 0.1) is 0 Å². The first-order chi connectivity index (χ1) is 10.9. The molecule has 0 bridgehead atoms. The Bertz CT molecular complexity index is 520. The molecule has 0 aliphatic carbocycles. The summed E-state index contributed by atoms with van der Waals surface area (Å²) in [6.07, 6.45) is 4.15. The van der Waals surface area contributed by atoms with Crippen molar-refractivity contribution in [3.05, 3.63) is 18.1 Å². The molecule has 2 heterocycles. The minimum absolute atomic E-state index is 0.0607. The second-order valence-corrected chi connectivity index (χ2v) is 7.06. The average molecular weight is 320 g/mol. The zero-order valence-corrected chi connectivity index (χ0v) is 14.6. The van der Waals surface area contributed by atoms with Crippen molar-refractivity contribution in [2.75, 3.05) is 32.1 Å². The number of carbonyl (C=O) groups is 1. The molecule has 0 radical (unpaired) electrons. The van der Waals surface area contributed by atoms with Crippen LogP contribution in [0.2, 0.25) is 0 Å². The molecule has 1 aliphatic heterocycles. The van der Waals surface area contributed by atoms with Crippen LogP contribution in [0.25, 0.3) is 0 Å². The zero-order chi connectivity index (χ0) is 16.9. The number of ether oxygens (including phenoxy) is 1. The highest BCUT2D eigenvalue weighted by molar-refractivity contribution is 5.76. The highest BCUT2D eigenvalue weighted by atomic mass is 16.5. The number of rotatable bonds is 5. The van der Waals surface area contributed by atoms with Gasteiger partial charge in [0.25, 0.3) is 0 Å². The Labute approximate surface area is 138 Å². The summed E-state index contributed by atoms with van der Waals surface area (Å²) in [6, 6.07) is 2.26. The molecule has 2 rings (SSSR count). The third kappa shape index (κ3) is 5.16. The van der Waals surface area contributed by atoms with Gasteiger partial charge in [0, 0.05) is 37.9 Å². The van der Waals surface area contributed by atoms with E-state index in [4.69, 9.17) is 4.74 Å². The summed E-state index contributed by atoms with van der Waals surface area (Å²) >= 11 is 0. The number of hydrogen-bond acceptors (Lipinski definition) is 5. The van der Waals surface area contributed by atoms with Crippen LogP contribution >= 0.6 is 0 Å². The second kappa shape index (κ2) is 7.73. The van der Waals surface area contributed by atoms with Crippen LogP contribution in [0.1, 0.15) is 45.9 Å². The van der Waals surface area contributed by atoms with Crippen LogP contribution in [0.15, 0.2) is 12.3 Å². The van der Waals surface area contributed by atoms with E-state index in [1.807, 2.05) is 11.0 Å². The summed E-state index contributed by atoms with van der Waals surface area (Å²) in [5.74, 6) is 1.89. The molecule has 0 spiro atoms. The fourth-order valence-corrected chi connectivity index (χ4v) is 2.63. The normalized spacial score (nSPS) is 16.4. The van der Waals surface area contributed by atoms with E-state index >= 15 is 0 Å². The smallest absolute Gasteiger partial charge is 0.224 e. The number of piperidine rings is 1. The van der Waals surface area contributed by atoms with Gasteiger partial charge in [0.2, 0.25) is 5.91 Å². The molecule has 1 aromatic rings. The lowest BCUT2D eigenvalue weighted by atomic mass is 9.96. The summed E-state index contributed by atoms with van der Waals surface area (Å²) in [5, 5.41) is 3.48. The van der Waals surface area contributed by atoms with Gasteiger partial charge in [-0.15, -0.1) is 0 Å². The first kappa shape index (κ1) is 17.7. The lowest BCUT2D eigenvalue weighted by Crippen LogP contribution is -2.42. The molecule has 0 saturated carbocycles. The third-order valence-corrected chi connectivity index (χ3v) is 4.05. The van der Waals surface area contributed by atoms with Gasteiger partial charge in [0.05, 0.1) is 13.0 Å². The van der Waals surface area contributed by atoms with Crippen molar-refractivity contribution in [2.45, 2.75) is 51.5 Å². The molecule has 1 fully saturated rings. The lowest BCUT2D eigenvalue weighted by molar-refractivity contribution is -0.133. The van der Waals surface area contributed by atoms with Crippen LogP contribution in [-0.2, 0) is 14.9 Å². The number of nitrogens with zero attached hydrogens (tertiary/aromatic N) is 3. The van der Waals surface area contributed by atoms with Gasteiger partial charge in [-0.2, -0.15) is 0 Å². The first-order valence-electron chi connectivity index (χ1n) is 8.27. The molecule has 1 aromatic heterocycles. The summed E-state index contributed by atoms with van der Waals surface area (Å²) < 4.78 is 4.97. The van der Waals surface area contributed by atoms with Crippen molar-refractivity contribution < 1.29 is 9.53 Å². The van der Waals surface area contributed by atoms with E-state index in [-0.39, 0.29) is 11.3 Å². The number of anilines is 1. The van der Waals surface area contributed by atoms with Gasteiger partial charge >= 0.3 is 0 Å². The van der Waals surface area contributed by atoms with Crippen molar-refractivity contribution in [2.24, 2.45) is 0 Å². The fourth-order valence-electron chi connectivity index (χ4n) is 2.63. The molecule has 6 nitrogen and oxygen atoms in total. The average Bonchev–Trinajstić information content (AvgIpc) is 2.53. The van der Waals surface area contributed by atoms with E-state index in [9.17, 15) is 4.79 Å². The minimum atomic E-state index is -0.0607. The molecular weight excluding hydrogens is 292 g/mol. The van der Waals surface area contributed by atoms with E-state index in [0.717, 1.165) is 37.6 Å². The van der Waals surface area contributed by atoms with Crippen LogP contribution in [0.4, 0.5) is 5.82 Å². The Morgan fingerprint density at radius 2 is 2.09 bits per heavy atom. The summed E-state index contributed by atoms with van der Waals surface area (Å²) in [4.78, 5) is 22.9. The highest BCUT2D eigenvalue weighted by Crippen LogP contribution is 2.20. The minimum Gasteiger partial charge on any atom is -0.384 e. The van der Waals surface area contributed by atoms with Gasteiger partial charge in [0.1, 0.15) is 11.6 Å². The molecule has 0 aromatic carbocycles. The molecule has 1 N–H and O–H groups in total. The largest absolute Gasteiger partial charge is 0.384 e. The Morgan fingerprint density at radius 3 is 2.70 bits per heavy atom. The first-order valence-corrected chi connectivity index (χ1v) is 8.27. The van der Waals surface area contributed by atoms with Crippen LogP contribution in [0.5, 0.6) is 0 Å². The summed E-state index contributed by atoms with van der Waals surface area (Å²) in [7, 11) is 1.62. The third-order valence-electron chi connectivity index (χ3n) is 4.05. The molecule has 0 atom stereocenters. The predicted octanol–water partition coefficient (Wildman–Crippen LogP) is 2.21. The van der Waals surface area contributed by atoms with Crippen molar-refractivity contribution in [1.82, 2.24) is 14.9 Å². The van der Waals surface area contributed by atoms with Crippen molar-refractivity contribution in [3.8, 4) is 0 Å². The number of amides is 1. The van der Waals surface area contributed by atoms with Crippen molar-refractivity contribution in [1.29, 1.82) is 0 Å². The van der Waals surface area contributed by atoms with E-state index in [1.54, 1.807) is 13.3 Å². The van der Waals surface area contributed by atoms with E-state index in [1.165, 1.54) is 0 Å². The zero-order valence-electron chi connectivity index (χ0n) is 14.6. The van der Waals surface area contributed by atoms with Crippen molar-refractivity contribution >= 4 is 11.7 Å². The van der Waals surface area contributed by atoms with Gasteiger partial charge in [-0.3, -0.25) is 4.79 Å². The second-order valence-electron chi connectivity index (χ2n) is 7.06. The van der Waals surface area contributed by atoms with Crippen molar-refractivity contribution in [3.63, 3.8) is 0 Å². The maximum Gasteiger partial charge on any atom is 0.224 e. The molecule has 23 heavy (non-hydrogen) atoms. The van der Waals surface area contributed by atoms with Gasteiger partial charge in [-0.25, -0.2) is 9.97 Å². The number of aromatic nitrogens is 2. The summed E-state index contributed by atoms with van der Waals surface area (Å²) in [6.45, 7) is 8.39. The van der Waals surface area contributed by atoms with Crippen LogP contribution in [0.3, 0.4) is 0 Å². The Balaban J connectivity index is 1.86. The van der Waals surface area contributed by atoms with E-state index in [0.29, 0.717) is 19.1 Å². The Hall–Kier alpha value is -1.69. The maximum atomic E-state index is 12.0. The lowest BCUT2D eigenvalue weighted by Gasteiger charge is -2.32.